The van der Waals surface area contributed by atoms with E-state index in [-0.39, 0.29) is 11.9 Å². The number of para-hydroxylation sites is 1. The third kappa shape index (κ3) is 2.48. The maximum atomic E-state index is 12.9. The summed E-state index contributed by atoms with van der Waals surface area (Å²) in [6.07, 6.45) is 4.28. The monoisotopic (exact) mass is 324 g/mol. The summed E-state index contributed by atoms with van der Waals surface area (Å²) in [6, 6.07) is 8.08. The first-order valence-corrected chi connectivity index (χ1v) is 8.26. The lowest BCUT2D eigenvalue weighted by Gasteiger charge is -2.21. The largest absolute Gasteiger partial charge is 0.350 e. The van der Waals surface area contributed by atoms with E-state index in [0.29, 0.717) is 18.1 Å². The van der Waals surface area contributed by atoms with Gasteiger partial charge in [-0.2, -0.15) is 4.98 Å². The van der Waals surface area contributed by atoms with Crippen molar-refractivity contribution in [2.24, 2.45) is 7.05 Å². The number of aromatic nitrogens is 3. The van der Waals surface area contributed by atoms with Gasteiger partial charge in [-0.3, -0.25) is 4.79 Å². The highest BCUT2D eigenvalue weighted by atomic mass is 16.5. The Morgan fingerprint density at radius 3 is 3.00 bits per heavy atom. The molecule has 24 heavy (non-hydrogen) atoms. The van der Waals surface area contributed by atoms with Gasteiger partial charge in [-0.05, 0) is 31.4 Å². The number of nitrogens with zero attached hydrogens (tertiary/aromatic N) is 4. The zero-order valence-electron chi connectivity index (χ0n) is 13.9. The Morgan fingerprint density at radius 2 is 2.21 bits per heavy atom. The fourth-order valence-electron chi connectivity index (χ4n) is 3.60. The van der Waals surface area contributed by atoms with Gasteiger partial charge >= 0.3 is 0 Å². The van der Waals surface area contributed by atoms with E-state index in [2.05, 4.69) is 26.8 Å². The molecule has 1 fully saturated rings. The summed E-state index contributed by atoms with van der Waals surface area (Å²) in [4.78, 5) is 19.1. The first-order valence-electron chi connectivity index (χ1n) is 8.26. The van der Waals surface area contributed by atoms with Crippen LogP contribution in [0, 0.1) is 6.92 Å². The van der Waals surface area contributed by atoms with E-state index in [1.54, 1.807) is 6.92 Å². The average molecular weight is 324 g/mol. The van der Waals surface area contributed by atoms with Gasteiger partial charge in [-0.15, -0.1) is 0 Å². The highest BCUT2D eigenvalue weighted by Gasteiger charge is 2.33. The molecular formula is C18H20N4O2. The summed E-state index contributed by atoms with van der Waals surface area (Å²) in [5.74, 6) is 1.28. The molecule has 124 valence electrons. The van der Waals surface area contributed by atoms with Gasteiger partial charge in [0.2, 0.25) is 11.8 Å². The molecule has 0 radical (unpaired) electrons. The van der Waals surface area contributed by atoms with Crippen LogP contribution in [0.4, 0.5) is 0 Å². The number of fused-ring (bicyclic) bond motifs is 1. The molecule has 2 aromatic heterocycles. The predicted octanol–water partition coefficient (Wildman–Crippen LogP) is 2.78. The number of hydrogen-bond donors (Lipinski definition) is 0. The van der Waals surface area contributed by atoms with Crippen LogP contribution in [0.5, 0.6) is 0 Å². The van der Waals surface area contributed by atoms with Gasteiger partial charge in [0.15, 0.2) is 5.82 Å². The second-order valence-corrected chi connectivity index (χ2v) is 6.38. The molecule has 0 bridgehead atoms. The standard InChI is InChI=1S/C18H20N4O2/c1-12-19-18(24-20-12)16-8-5-9-22(16)17(23)10-13-11-21(2)15-7-4-3-6-14(13)15/h3-4,6-7,11,16H,5,8-10H2,1-2H3. The smallest absolute Gasteiger partial charge is 0.249 e. The lowest BCUT2D eigenvalue weighted by Crippen LogP contribution is -2.32. The normalized spacial score (nSPS) is 17.8. The number of hydrogen-bond acceptors (Lipinski definition) is 4. The van der Waals surface area contributed by atoms with Crippen LogP contribution in [-0.4, -0.2) is 32.1 Å². The van der Waals surface area contributed by atoms with E-state index in [1.807, 2.05) is 30.3 Å². The first kappa shape index (κ1) is 14.9. The Labute approximate surface area is 140 Å². The average Bonchev–Trinajstić information content (AvgIpc) is 3.28. The fraction of sp³-hybridized carbons (Fsp3) is 0.389. The molecule has 1 aliphatic heterocycles. The molecule has 6 heteroatoms. The first-order chi connectivity index (χ1) is 11.6. The predicted molar refractivity (Wildman–Crippen MR) is 89.3 cm³/mol. The van der Waals surface area contributed by atoms with Crippen molar-refractivity contribution in [2.75, 3.05) is 6.54 Å². The van der Waals surface area contributed by atoms with Gasteiger partial charge in [-0.25, -0.2) is 0 Å². The molecule has 4 rings (SSSR count). The summed E-state index contributed by atoms with van der Waals surface area (Å²) in [6.45, 7) is 2.54. The minimum atomic E-state index is -0.0892. The van der Waals surface area contributed by atoms with Crippen LogP contribution < -0.4 is 0 Å². The Bertz CT molecular complexity index is 895. The van der Waals surface area contributed by atoms with Gasteiger partial charge in [0, 0.05) is 30.7 Å². The van der Waals surface area contributed by atoms with Crippen molar-refractivity contribution >= 4 is 16.8 Å². The number of carbonyl (C=O) groups is 1. The van der Waals surface area contributed by atoms with Crippen LogP contribution in [0.15, 0.2) is 35.0 Å². The molecular weight excluding hydrogens is 304 g/mol. The molecule has 1 saturated heterocycles. The van der Waals surface area contributed by atoms with Gasteiger partial charge in [0.25, 0.3) is 0 Å². The molecule has 1 aliphatic rings. The van der Waals surface area contributed by atoms with Crippen molar-refractivity contribution in [3.05, 3.63) is 47.7 Å². The quantitative estimate of drug-likeness (QED) is 0.743. The van der Waals surface area contributed by atoms with Crippen molar-refractivity contribution in [1.82, 2.24) is 19.6 Å². The molecule has 0 aliphatic carbocycles. The number of aryl methyl sites for hydroxylation is 2. The molecule has 1 unspecified atom stereocenters. The maximum Gasteiger partial charge on any atom is 0.249 e. The summed E-state index contributed by atoms with van der Waals surface area (Å²) >= 11 is 0. The second-order valence-electron chi connectivity index (χ2n) is 6.38. The Balaban J connectivity index is 1.59. The minimum Gasteiger partial charge on any atom is -0.350 e. The van der Waals surface area contributed by atoms with E-state index >= 15 is 0 Å². The van der Waals surface area contributed by atoms with Crippen LogP contribution in [0.3, 0.4) is 0 Å². The third-order valence-electron chi connectivity index (χ3n) is 4.72. The van der Waals surface area contributed by atoms with E-state index in [9.17, 15) is 4.79 Å². The lowest BCUT2D eigenvalue weighted by molar-refractivity contribution is -0.131. The molecule has 6 nitrogen and oxygen atoms in total. The third-order valence-corrected chi connectivity index (χ3v) is 4.72. The molecule has 1 amide bonds. The molecule has 3 aromatic rings. The zero-order valence-corrected chi connectivity index (χ0v) is 13.9. The van der Waals surface area contributed by atoms with Crippen LogP contribution in [0.1, 0.15) is 36.2 Å². The molecule has 1 aromatic carbocycles. The van der Waals surface area contributed by atoms with E-state index in [0.717, 1.165) is 35.9 Å². The zero-order chi connectivity index (χ0) is 16.7. The molecule has 0 saturated carbocycles. The van der Waals surface area contributed by atoms with Crippen molar-refractivity contribution in [3.8, 4) is 0 Å². The highest BCUT2D eigenvalue weighted by Crippen LogP contribution is 2.32. The second kappa shape index (κ2) is 5.78. The van der Waals surface area contributed by atoms with E-state index in [1.165, 1.54) is 0 Å². The van der Waals surface area contributed by atoms with Crippen molar-refractivity contribution in [1.29, 1.82) is 0 Å². The molecule has 0 spiro atoms. The molecule has 3 heterocycles. The van der Waals surface area contributed by atoms with Crippen molar-refractivity contribution < 1.29 is 9.32 Å². The summed E-state index contributed by atoms with van der Waals surface area (Å²) in [7, 11) is 2.01. The summed E-state index contributed by atoms with van der Waals surface area (Å²) < 4.78 is 7.36. The van der Waals surface area contributed by atoms with Gasteiger partial charge < -0.3 is 14.0 Å². The van der Waals surface area contributed by atoms with Crippen LogP contribution in [0.2, 0.25) is 0 Å². The number of rotatable bonds is 3. The van der Waals surface area contributed by atoms with Gasteiger partial charge in [-0.1, -0.05) is 23.4 Å². The topological polar surface area (TPSA) is 64.2 Å². The van der Waals surface area contributed by atoms with Gasteiger partial charge in [0.1, 0.15) is 6.04 Å². The van der Waals surface area contributed by atoms with Crippen molar-refractivity contribution in [2.45, 2.75) is 32.2 Å². The highest BCUT2D eigenvalue weighted by molar-refractivity contribution is 5.89. The van der Waals surface area contributed by atoms with Crippen molar-refractivity contribution in [3.63, 3.8) is 0 Å². The maximum absolute atomic E-state index is 12.9. The minimum absolute atomic E-state index is 0.0892. The van der Waals surface area contributed by atoms with Crippen LogP contribution in [-0.2, 0) is 18.3 Å². The fourth-order valence-corrected chi connectivity index (χ4v) is 3.60. The Hall–Kier alpha value is -2.63. The Morgan fingerprint density at radius 1 is 1.38 bits per heavy atom. The molecule has 0 N–H and O–H groups in total. The number of amides is 1. The number of carbonyl (C=O) groups excluding carboxylic acids is 1. The van der Waals surface area contributed by atoms with Crippen LogP contribution in [0.25, 0.3) is 10.9 Å². The summed E-state index contributed by atoms with van der Waals surface area (Å²) in [5, 5.41) is 4.99. The SMILES string of the molecule is Cc1noc(C2CCCN2C(=O)Cc2cn(C)c3ccccc23)n1. The Kier molecular flexibility index (Phi) is 3.59. The number of likely N-dealkylation sites (tertiary alicyclic amines) is 1. The van der Waals surface area contributed by atoms with Gasteiger partial charge in [0.05, 0.1) is 6.42 Å². The molecule has 1 atom stereocenters. The lowest BCUT2D eigenvalue weighted by atomic mass is 10.1. The van der Waals surface area contributed by atoms with Crippen LogP contribution >= 0.6 is 0 Å². The van der Waals surface area contributed by atoms with E-state index in [4.69, 9.17) is 4.52 Å². The summed E-state index contributed by atoms with van der Waals surface area (Å²) in [5.41, 5.74) is 2.20. The number of benzene rings is 1. The van der Waals surface area contributed by atoms with E-state index < -0.39 is 0 Å².